The molecule has 1 aromatic heterocycles. The molecule has 0 amide bonds. The van der Waals surface area contributed by atoms with Gasteiger partial charge in [-0.15, -0.1) is 0 Å². The Kier molecular flexibility index (Phi) is 6.21. The van der Waals surface area contributed by atoms with E-state index in [1.807, 2.05) is 19.2 Å². The topological polar surface area (TPSA) is 53.2 Å². The SMILES string of the molecule is CN=C(NCc1ccccc1CN(C)Cc1ccco1)N1CCC2(CCOC2)C1. The van der Waals surface area contributed by atoms with Crippen molar-refractivity contribution in [1.82, 2.24) is 15.1 Å². The molecule has 2 fully saturated rings. The molecule has 1 unspecified atom stereocenters. The molecule has 1 spiro atoms. The number of nitrogens with one attached hydrogen (secondary N) is 1. The first kappa shape index (κ1) is 20.0. The Bertz CT molecular complexity index is 812. The molecule has 0 aliphatic carbocycles. The van der Waals surface area contributed by atoms with Crippen molar-refractivity contribution in [3.8, 4) is 0 Å². The minimum atomic E-state index is 0.337. The zero-order valence-corrected chi connectivity index (χ0v) is 17.6. The zero-order chi connectivity index (χ0) is 20.1. The molecule has 1 atom stereocenters. The second-order valence-electron chi connectivity index (χ2n) is 8.40. The Morgan fingerprint density at radius 3 is 2.76 bits per heavy atom. The normalized spacial score (nSPS) is 22.2. The highest BCUT2D eigenvalue weighted by atomic mass is 16.5. The summed E-state index contributed by atoms with van der Waals surface area (Å²) in [5.74, 6) is 1.98. The van der Waals surface area contributed by atoms with E-state index in [2.05, 4.69) is 51.4 Å². The van der Waals surface area contributed by atoms with Gasteiger partial charge in [-0.3, -0.25) is 9.89 Å². The van der Waals surface area contributed by atoms with Crippen molar-refractivity contribution in [2.45, 2.75) is 32.5 Å². The van der Waals surface area contributed by atoms with Crippen LogP contribution in [0.15, 0.2) is 52.1 Å². The lowest BCUT2D eigenvalue weighted by Crippen LogP contribution is -2.41. The van der Waals surface area contributed by atoms with E-state index in [-0.39, 0.29) is 0 Å². The fraction of sp³-hybridized carbons (Fsp3) is 0.522. The quantitative estimate of drug-likeness (QED) is 0.601. The van der Waals surface area contributed by atoms with E-state index in [1.165, 1.54) is 24.0 Å². The van der Waals surface area contributed by atoms with E-state index in [9.17, 15) is 0 Å². The first-order valence-electron chi connectivity index (χ1n) is 10.5. The van der Waals surface area contributed by atoms with Gasteiger partial charge in [-0.1, -0.05) is 24.3 Å². The Labute approximate surface area is 173 Å². The fourth-order valence-corrected chi connectivity index (χ4v) is 4.49. The number of hydrogen-bond acceptors (Lipinski definition) is 4. The van der Waals surface area contributed by atoms with Crippen molar-refractivity contribution in [3.05, 3.63) is 59.5 Å². The maximum absolute atomic E-state index is 5.67. The molecule has 29 heavy (non-hydrogen) atoms. The van der Waals surface area contributed by atoms with Crippen LogP contribution in [0.5, 0.6) is 0 Å². The third kappa shape index (κ3) is 4.82. The molecule has 6 nitrogen and oxygen atoms in total. The number of guanidine groups is 1. The van der Waals surface area contributed by atoms with Crippen LogP contribution < -0.4 is 5.32 Å². The summed E-state index contributed by atoms with van der Waals surface area (Å²) in [5, 5.41) is 3.59. The van der Waals surface area contributed by atoms with Crippen LogP contribution >= 0.6 is 0 Å². The number of aliphatic imine (C=N–C) groups is 1. The van der Waals surface area contributed by atoms with Crippen molar-refractivity contribution < 1.29 is 9.15 Å². The second kappa shape index (κ2) is 9.01. The largest absolute Gasteiger partial charge is 0.468 e. The first-order valence-corrected chi connectivity index (χ1v) is 10.5. The zero-order valence-electron chi connectivity index (χ0n) is 17.6. The van der Waals surface area contributed by atoms with Crippen molar-refractivity contribution in [3.63, 3.8) is 0 Å². The summed E-state index contributed by atoms with van der Waals surface area (Å²) in [6, 6.07) is 12.6. The maximum atomic E-state index is 5.67. The molecule has 0 bridgehead atoms. The number of furan rings is 1. The molecule has 4 rings (SSSR count). The van der Waals surface area contributed by atoms with Crippen LogP contribution in [0.2, 0.25) is 0 Å². The molecule has 2 aliphatic rings. The highest BCUT2D eigenvalue weighted by molar-refractivity contribution is 5.80. The van der Waals surface area contributed by atoms with Crippen LogP contribution in [0, 0.1) is 5.41 Å². The van der Waals surface area contributed by atoms with E-state index < -0.39 is 0 Å². The average Bonchev–Trinajstić information content (AvgIpc) is 3.48. The lowest BCUT2D eigenvalue weighted by Gasteiger charge is -2.25. The fourth-order valence-electron chi connectivity index (χ4n) is 4.49. The summed E-state index contributed by atoms with van der Waals surface area (Å²) < 4.78 is 11.1. The van der Waals surface area contributed by atoms with Gasteiger partial charge in [0.25, 0.3) is 0 Å². The molecule has 0 saturated carbocycles. The van der Waals surface area contributed by atoms with Gasteiger partial charge in [-0.2, -0.15) is 0 Å². The lowest BCUT2D eigenvalue weighted by molar-refractivity contribution is 0.156. The van der Waals surface area contributed by atoms with Gasteiger partial charge in [0, 0.05) is 45.2 Å². The summed E-state index contributed by atoms with van der Waals surface area (Å²) in [6.07, 6.45) is 4.10. The Morgan fingerprint density at radius 2 is 2.03 bits per heavy atom. The van der Waals surface area contributed by atoms with E-state index in [1.54, 1.807) is 6.26 Å². The minimum Gasteiger partial charge on any atom is -0.468 e. The predicted octanol–water partition coefficient (Wildman–Crippen LogP) is 3.10. The van der Waals surface area contributed by atoms with Gasteiger partial charge in [0.1, 0.15) is 5.76 Å². The van der Waals surface area contributed by atoms with Gasteiger partial charge in [0.05, 0.1) is 19.4 Å². The van der Waals surface area contributed by atoms with Crippen molar-refractivity contribution in [2.75, 3.05) is 40.4 Å². The lowest BCUT2D eigenvalue weighted by atomic mass is 9.87. The van der Waals surface area contributed by atoms with Gasteiger partial charge in [-0.05, 0) is 43.1 Å². The van der Waals surface area contributed by atoms with Crippen LogP contribution in [0.1, 0.15) is 29.7 Å². The van der Waals surface area contributed by atoms with Gasteiger partial charge < -0.3 is 19.4 Å². The molecule has 2 saturated heterocycles. The molecule has 1 N–H and O–H groups in total. The Hall–Kier alpha value is -2.31. The average molecular weight is 397 g/mol. The number of nitrogens with zero attached hydrogens (tertiary/aromatic N) is 3. The molecule has 1 aromatic carbocycles. The number of hydrogen-bond donors (Lipinski definition) is 1. The van der Waals surface area contributed by atoms with Crippen LogP contribution in [-0.2, 0) is 24.4 Å². The third-order valence-corrected chi connectivity index (χ3v) is 6.14. The molecular formula is C23H32N4O2. The molecule has 2 aliphatic heterocycles. The first-order chi connectivity index (χ1) is 14.2. The summed E-state index contributed by atoms with van der Waals surface area (Å²) in [4.78, 5) is 9.21. The number of likely N-dealkylation sites (tertiary alicyclic amines) is 1. The summed E-state index contributed by atoms with van der Waals surface area (Å²) in [7, 11) is 4.00. The van der Waals surface area contributed by atoms with Gasteiger partial charge in [0.2, 0.25) is 0 Å². The monoisotopic (exact) mass is 396 g/mol. The molecule has 3 heterocycles. The van der Waals surface area contributed by atoms with E-state index >= 15 is 0 Å². The number of rotatable bonds is 6. The number of ether oxygens (including phenoxy) is 1. The standard InChI is InChI=1S/C23H32N4O2/c1-24-22(27-11-9-23(17-27)10-13-28-18-23)25-14-19-6-3-4-7-20(19)15-26(2)16-21-8-5-12-29-21/h3-8,12H,9-11,13-18H2,1-2H3,(H,24,25). The van der Waals surface area contributed by atoms with Crippen molar-refractivity contribution >= 4 is 5.96 Å². The Morgan fingerprint density at radius 1 is 1.17 bits per heavy atom. The summed E-state index contributed by atoms with van der Waals surface area (Å²) in [5.41, 5.74) is 2.97. The highest BCUT2D eigenvalue weighted by Gasteiger charge is 2.42. The van der Waals surface area contributed by atoms with Crippen LogP contribution in [-0.4, -0.2) is 56.2 Å². The minimum absolute atomic E-state index is 0.337. The molecule has 156 valence electrons. The van der Waals surface area contributed by atoms with E-state index in [0.717, 1.165) is 57.7 Å². The summed E-state index contributed by atoms with van der Waals surface area (Å²) >= 11 is 0. The second-order valence-corrected chi connectivity index (χ2v) is 8.40. The predicted molar refractivity (Wildman–Crippen MR) is 115 cm³/mol. The summed E-state index contributed by atoms with van der Waals surface area (Å²) in [6.45, 7) is 6.34. The Balaban J connectivity index is 1.35. The third-order valence-electron chi connectivity index (χ3n) is 6.14. The van der Waals surface area contributed by atoms with Gasteiger partial charge >= 0.3 is 0 Å². The van der Waals surface area contributed by atoms with Crippen LogP contribution in [0.4, 0.5) is 0 Å². The number of benzene rings is 1. The van der Waals surface area contributed by atoms with Crippen molar-refractivity contribution in [1.29, 1.82) is 0 Å². The maximum Gasteiger partial charge on any atom is 0.193 e. The molecular weight excluding hydrogens is 364 g/mol. The molecule has 6 heteroatoms. The van der Waals surface area contributed by atoms with E-state index in [4.69, 9.17) is 9.15 Å². The van der Waals surface area contributed by atoms with Crippen molar-refractivity contribution in [2.24, 2.45) is 10.4 Å². The molecule has 0 radical (unpaired) electrons. The van der Waals surface area contributed by atoms with Gasteiger partial charge in [-0.25, -0.2) is 0 Å². The highest BCUT2D eigenvalue weighted by Crippen LogP contribution is 2.38. The smallest absolute Gasteiger partial charge is 0.193 e. The van der Waals surface area contributed by atoms with E-state index in [0.29, 0.717) is 5.41 Å². The molecule has 2 aromatic rings. The van der Waals surface area contributed by atoms with Crippen LogP contribution in [0.25, 0.3) is 0 Å². The van der Waals surface area contributed by atoms with Crippen LogP contribution in [0.3, 0.4) is 0 Å². The van der Waals surface area contributed by atoms with Gasteiger partial charge in [0.15, 0.2) is 5.96 Å².